The lowest BCUT2D eigenvalue weighted by molar-refractivity contribution is 0.409. The van der Waals surface area contributed by atoms with E-state index in [1.807, 2.05) is 30.0 Å². The summed E-state index contributed by atoms with van der Waals surface area (Å²) in [7, 11) is 3.52. The maximum atomic E-state index is 5.36. The van der Waals surface area contributed by atoms with E-state index in [0.29, 0.717) is 0 Å². The number of benzene rings is 1. The van der Waals surface area contributed by atoms with Crippen LogP contribution in [-0.2, 0) is 6.42 Å². The van der Waals surface area contributed by atoms with E-state index >= 15 is 0 Å². The van der Waals surface area contributed by atoms with Gasteiger partial charge in [-0.2, -0.15) is 11.8 Å². The lowest BCUT2D eigenvalue weighted by Crippen LogP contribution is -2.38. The van der Waals surface area contributed by atoms with Crippen molar-refractivity contribution >= 4 is 17.7 Å². The molecule has 0 amide bonds. The van der Waals surface area contributed by atoms with Gasteiger partial charge in [-0.25, -0.2) is 0 Å². The third-order valence-electron chi connectivity index (χ3n) is 3.17. The quantitative estimate of drug-likeness (QED) is 0.418. The highest BCUT2D eigenvalue weighted by atomic mass is 32.2. The molecule has 0 aliphatic carbocycles. The Labute approximate surface area is 132 Å². The molecule has 118 valence electrons. The molecular weight excluding hydrogens is 282 g/mol. The summed E-state index contributed by atoms with van der Waals surface area (Å²) in [6.07, 6.45) is 5.48. The Kier molecular flexibility index (Phi) is 9.53. The van der Waals surface area contributed by atoms with Gasteiger partial charge < -0.3 is 15.4 Å². The first kappa shape index (κ1) is 17.7. The number of nitrogens with one attached hydrogen (secondary N) is 2. The molecule has 0 bridgehead atoms. The zero-order valence-corrected chi connectivity index (χ0v) is 14.1. The Morgan fingerprint density at radius 1 is 1.19 bits per heavy atom. The molecule has 0 aromatic heterocycles. The van der Waals surface area contributed by atoms with E-state index in [-0.39, 0.29) is 0 Å². The second kappa shape index (κ2) is 11.3. The van der Waals surface area contributed by atoms with Crippen molar-refractivity contribution in [1.29, 1.82) is 0 Å². The molecular formula is C16H27N3OS. The van der Waals surface area contributed by atoms with Crippen LogP contribution in [0.4, 0.5) is 0 Å². The summed E-state index contributed by atoms with van der Waals surface area (Å²) in [6.45, 7) is 1.81. The summed E-state index contributed by atoms with van der Waals surface area (Å²) in [5.74, 6) is 3.04. The van der Waals surface area contributed by atoms with E-state index in [1.54, 1.807) is 14.2 Å². The summed E-state index contributed by atoms with van der Waals surface area (Å²) in [5.41, 5.74) is 1.21. The number of unbranched alkanes of at least 4 members (excludes halogenated alkanes) is 1. The lowest BCUT2D eigenvalue weighted by atomic mass is 10.1. The average molecular weight is 309 g/mol. The van der Waals surface area contributed by atoms with Crippen molar-refractivity contribution < 1.29 is 4.74 Å². The smallest absolute Gasteiger partial charge is 0.190 e. The minimum absolute atomic E-state index is 0.838. The molecule has 5 heteroatoms. The van der Waals surface area contributed by atoms with E-state index in [2.05, 4.69) is 27.9 Å². The van der Waals surface area contributed by atoms with Crippen molar-refractivity contribution in [3.8, 4) is 5.75 Å². The van der Waals surface area contributed by atoms with Gasteiger partial charge in [0.05, 0.1) is 7.11 Å². The highest BCUT2D eigenvalue weighted by Gasteiger charge is 2.02. The predicted molar refractivity (Wildman–Crippen MR) is 93.7 cm³/mol. The number of guanidine groups is 1. The second-order valence-corrected chi connectivity index (χ2v) is 5.67. The molecule has 0 unspecified atom stereocenters. The van der Waals surface area contributed by atoms with E-state index in [0.717, 1.165) is 31.2 Å². The Morgan fingerprint density at radius 2 is 1.95 bits per heavy atom. The topological polar surface area (TPSA) is 45.7 Å². The van der Waals surface area contributed by atoms with Gasteiger partial charge in [0.15, 0.2) is 5.96 Å². The number of hydrogen-bond acceptors (Lipinski definition) is 3. The van der Waals surface area contributed by atoms with Crippen LogP contribution in [0.2, 0.25) is 0 Å². The van der Waals surface area contributed by atoms with Crippen molar-refractivity contribution in [2.45, 2.75) is 19.3 Å². The van der Waals surface area contributed by atoms with Crippen LogP contribution < -0.4 is 15.4 Å². The van der Waals surface area contributed by atoms with Crippen molar-refractivity contribution in [2.24, 2.45) is 4.99 Å². The molecule has 1 aromatic rings. The standard InChI is InChI=1S/C16H27N3OS/c1-17-16(18-11-6-7-13-21-3)19-12-10-14-8-4-5-9-15(14)20-2/h4-5,8-9H,6-7,10-13H2,1-3H3,(H2,17,18,19). The van der Waals surface area contributed by atoms with Gasteiger partial charge in [0, 0.05) is 20.1 Å². The summed E-state index contributed by atoms with van der Waals surface area (Å²) in [4.78, 5) is 4.24. The number of aliphatic imine (C=N–C) groups is 1. The van der Waals surface area contributed by atoms with Crippen molar-refractivity contribution in [1.82, 2.24) is 10.6 Å². The van der Waals surface area contributed by atoms with Crippen LogP contribution in [0.3, 0.4) is 0 Å². The Hall–Kier alpha value is -1.36. The molecule has 1 aromatic carbocycles. The largest absolute Gasteiger partial charge is 0.496 e. The van der Waals surface area contributed by atoms with Gasteiger partial charge in [0.25, 0.3) is 0 Å². The third kappa shape index (κ3) is 7.27. The average Bonchev–Trinajstić information content (AvgIpc) is 2.53. The first-order chi connectivity index (χ1) is 10.3. The van der Waals surface area contributed by atoms with Gasteiger partial charge in [0.1, 0.15) is 5.75 Å². The molecule has 0 fully saturated rings. The van der Waals surface area contributed by atoms with Gasteiger partial charge >= 0.3 is 0 Å². The fourth-order valence-electron chi connectivity index (χ4n) is 2.02. The predicted octanol–water partition coefficient (Wildman–Crippen LogP) is 2.55. The zero-order valence-electron chi connectivity index (χ0n) is 13.3. The number of nitrogens with zero attached hydrogens (tertiary/aromatic N) is 1. The number of thioether (sulfide) groups is 1. The molecule has 0 aliphatic rings. The summed E-state index contributed by atoms with van der Waals surface area (Å²) >= 11 is 1.90. The SMILES string of the molecule is CN=C(NCCCCSC)NCCc1ccccc1OC. The first-order valence-corrected chi connectivity index (χ1v) is 8.76. The van der Waals surface area contributed by atoms with E-state index in [1.165, 1.54) is 24.2 Å². The monoisotopic (exact) mass is 309 g/mol. The number of para-hydroxylation sites is 1. The van der Waals surface area contributed by atoms with E-state index < -0.39 is 0 Å². The Morgan fingerprint density at radius 3 is 2.67 bits per heavy atom. The van der Waals surface area contributed by atoms with Crippen LogP contribution in [0, 0.1) is 0 Å². The summed E-state index contributed by atoms with van der Waals surface area (Å²) < 4.78 is 5.36. The Bertz CT molecular complexity index is 424. The van der Waals surface area contributed by atoms with Crippen molar-refractivity contribution in [3.63, 3.8) is 0 Å². The number of ether oxygens (including phenoxy) is 1. The fourth-order valence-corrected chi connectivity index (χ4v) is 2.52. The maximum absolute atomic E-state index is 5.36. The van der Waals surface area contributed by atoms with Crippen molar-refractivity contribution in [3.05, 3.63) is 29.8 Å². The van der Waals surface area contributed by atoms with Crippen LogP contribution in [0.5, 0.6) is 5.75 Å². The molecule has 0 spiro atoms. The lowest BCUT2D eigenvalue weighted by Gasteiger charge is -2.13. The minimum Gasteiger partial charge on any atom is -0.496 e. The number of hydrogen-bond donors (Lipinski definition) is 2. The molecule has 0 atom stereocenters. The van der Waals surface area contributed by atoms with Crippen LogP contribution in [0.1, 0.15) is 18.4 Å². The molecule has 0 heterocycles. The molecule has 1 rings (SSSR count). The molecule has 0 saturated heterocycles. The van der Waals surface area contributed by atoms with Gasteiger partial charge in [-0.15, -0.1) is 0 Å². The maximum Gasteiger partial charge on any atom is 0.190 e. The highest BCUT2D eigenvalue weighted by molar-refractivity contribution is 7.98. The molecule has 0 aliphatic heterocycles. The number of rotatable bonds is 9. The fraction of sp³-hybridized carbons (Fsp3) is 0.562. The molecule has 4 nitrogen and oxygen atoms in total. The molecule has 2 N–H and O–H groups in total. The summed E-state index contributed by atoms with van der Waals surface area (Å²) in [6, 6.07) is 8.12. The van der Waals surface area contributed by atoms with Crippen LogP contribution in [-0.4, -0.2) is 45.2 Å². The van der Waals surface area contributed by atoms with E-state index in [9.17, 15) is 0 Å². The Balaban J connectivity index is 2.26. The van der Waals surface area contributed by atoms with Crippen LogP contribution >= 0.6 is 11.8 Å². The van der Waals surface area contributed by atoms with Gasteiger partial charge in [-0.3, -0.25) is 4.99 Å². The van der Waals surface area contributed by atoms with Crippen molar-refractivity contribution in [2.75, 3.05) is 39.3 Å². The van der Waals surface area contributed by atoms with Crippen LogP contribution in [0.25, 0.3) is 0 Å². The van der Waals surface area contributed by atoms with Gasteiger partial charge in [0.2, 0.25) is 0 Å². The second-order valence-electron chi connectivity index (χ2n) is 4.69. The van der Waals surface area contributed by atoms with Crippen LogP contribution in [0.15, 0.2) is 29.3 Å². The molecule has 0 radical (unpaired) electrons. The minimum atomic E-state index is 0.838. The first-order valence-electron chi connectivity index (χ1n) is 7.37. The van der Waals surface area contributed by atoms with E-state index in [4.69, 9.17) is 4.74 Å². The molecule has 21 heavy (non-hydrogen) atoms. The molecule has 0 saturated carbocycles. The third-order valence-corrected chi connectivity index (χ3v) is 3.87. The normalized spacial score (nSPS) is 11.3. The zero-order chi connectivity index (χ0) is 15.3. The van der Waals surface area contributed by atoms with Gasteiger partial charge in [-0.1, -0.05) is 18.2 Å². The summed E-state index contributed by atoms with van der Waals surface area (Å²) in [5, 5.41) is 6.68. The highest BCUT2D eigenvalue weighted by Crippen LogP contribution is 2.17. The number of methoxy groups -OCH3 is 1. The van der Waals surface area contributed by atoms with Gasteiger partial charge in [-0.05, 0) is 42.9 Å².